The minimum Gasteiger partial charge on any atom is -0.369 e. The number of amides is 2. The van der Waals surface area contributed by atoms with Crippen molar-refractivity contribution in [2.75, 3.05) is 37.7 Å². The van der Waals surface area contributed by atoms with E-state index < -0.39 is 0 Å². The van der Waals surface area contributed by atoms with Gasteiger partial charge in [-0.3, -0.25) is 19.4 Å². The zero-order chi connectivity index (χ0) is 21.3. The number of piperazine rings is 1. The van der Waals surface area contributed by atoms with Gasteiger partial charge < -0.3 is 4.90 Å². The number of hydrogen-bond donors (Lipinski definition) is 0. The highest BCUT2D eigenvalue weighted by Crippen LogP contribution is 2.34. The van der Waals surface area contributed by atoms with Gasteiger partial charge in [0.25, 0.3) is 11.1 Å². The number of halogens is 2. The summed E-state index contributed by atoms with van der Waals surface area (Å²) in [6.45, 7) is 5.71. The standard InChI is InChI=1S/C22H21Cl2N3O2S/c1-15-4-2-3-5-19(15)26-10-8-25(9-11-26)14-27-21(28)20(30-22(27)29)12-16-6-7-17(23)13-18(16)24/h2-7,12-13H,8-11,14H2,1H3/b20-12+. The van der Waals surface area contributed by atoms with Gasteiger partial charge in [-0.2, -0.15) is 0 Å². The molecule has 2 amide bonds. The number of anilines is 1. The van der Waals surface area contributed by atoms with Crippen LogP contribution in [0.5, 0.6) is 0 Å². The van der Waals surface area contributed by atoms with Crippen molar-refractivity contribution in [1.29, 1.82) is 0 Å². The second-order valence-electron chi connectivity index (χ2n) is 7.31. The van der Waals surface area contributed by atoms with Gasteiger partial charge in [0.05, 0.1) is 11.6 Å². The zero-order valence-electron chi connectivity index (χ0n) is 16.5. The molecule has 0 N–H and O–H groups in total. The first kappa shape index (κ1) is 21.2. The van der Waals surface area contributed by atoms with Crippen LogP contribution in [0.2, 0.25) is 10.0 Å². The minimum absolute atomic E-state index is 0.252. The van der Waals surface area contributed by atoms with E-state index in [-0.39, 0.29) is 11.1 Å². The average Bonchev–Trinajstić information content (AvgIpc) is 2.98. The molecule has 2 aliphatic heterocycles. The van der Waals surface area contributed by atoms with Crippen molar-refractivity contribution in [1.82, 2.24) is 9.80 Å². The molecule has 0 aromatic heterocycles. The van der Waals surface area contributed by atoms with Crippen LogP contribution in [0.25, 0.3) is 6.08 Å². The van der Waals surface area contributed by atoms with E-state index in [9.17, 15) is 9.59 Å². The van der Waals surface area contributed by atoms with Gasteiger partial charge in [-0.05, 0) is 54.1 Å². The van der Waals surface area contributed by atoms with Crippen molar-refractivity contribution < 1.29 is 9.59 Å². The SMILES string of the molecule is Cc1ccccc1N1CCN(CN2C(=O)S/C(=C/c3ccc(Cl)cc3Cl)C2=O)CC1. The molecule has 0 aliphatic carbocycles. The molecule has 0 bridgehead atoms. The first-order valence-electron chi connectivity index (χ1n) is 9.66. The molecule has 0 spiro atoms. The quantitative estimate of drug-likeness (QED) is 0.591. The molecule has 2 heterocycles. The number of benzene rings is 2. The van der Waals surface area contributed by atoms with Crippen LogP contribution in [-0.4, -0.2) is 53.8 Å². The molecule has 2 aromatic rings. The van der Waals surface area contributed by atoms with E-state index in [2.05, 4.69) is 28.9 Å². The summed E-state index contributed by atoms with van der Waals surface area (Å²) < 4.78 is 0. The Kier molecular flexibility index (Phi) is 6.39. The van der Waals surface area contributed by atoms with Crippen LogP contribution in [0.3, 0.4) is 0 Å². The van der Waals surface area contributed by atoms with Crippen LogP contribution in [0.4, 0.5) is 10.5 Å². The van der Waals surface area contributed by atoms with Crippen molar-refractivity contribution in [2.24, 2.45) is 0 Å². The van der Waals surface area contributed by atoms with Crippen molar-refractivity contribution >= 4 is 57.9 Å². The molecular weight excluding hydrogens is 441 g/mol. The summed E-state index contributed by atoms with van der Waals surface area (Å²) in [5.41, 5.74) is 3.16. The molecule has 0 radical (unpaired) electrons. The number of thioether (sulfide) groups is 1. The van der Waals surface area contributed by atoms with E-state index in [1.165, 1.54) is 16.2 Å². The second kappa shape index (κ2) is 9.02. The molecule has 156 valence electrons. The van der Waals surface area contributed by atoms with E-state index >= 15 is 0 Å². The third kappa shape index (κ3) is 4.52. The Morgan fingerprint density at radius 3 is 2.47 bits per heavy atom. The maximum atomic E-state index is 12.8. The van der Waals surface area contributed by atoms with Gasteiger partial charge in [0.1, 0.15) is 0 Å². The van der Waals surface area contributed by atoms with Crippen molar-refractivity contribution in [3.63, 3.8) is 0 Å². The van der Waals surface area contributed by atoms with Crippen molar-refractivity contribution in [2.45, 2.75) is 6.92 Å². The predicted molar refractivity (Wildman–Crippen MR) is 124 cm³/mol. The molecule has 0 saturated carbocycles. The summed E-state index contributed by atoms with van der Waals surface area (Å²) in [6, 6.07) is 13.4. The number of aryl methyl sites for hydroxylation is 1. The van der Waals surface area contributed by atoms with Crippen LogP contribution in [-0.2, 0) is 4.79 Å². The lowest BCUT2D eigenvalue weighted by Gasteiger charge is -2.37. The lowest BCUT2D eigenvalue weighted by atomic mass is 10.1. The Morgan fingerprint density at radius 2 is 1.77 bits per heavy atom. The molecule has 0 unspecified atom stereocenters. The highest BCUT2D eigenvalue weighted by atomic mass is 35.5. The van der Waals surface area contributed by atoms with E-state index in [1.807, 2.05) is 12.1 Å². The van der Waals surface area contributed by atoms with Crippen LogP contribution >= 0.6 is 35.0 Å². The summed E-state index contributed by atoms with van der Waals surface area (Å²) in [7, 11) is 0. The molecule has 2 saturated heterocycles. The Bertz CT molecular complexity index is 1020. The molecule has 30 heavy (non-hydrogen) atoms. The molecule has 2 fully saturated rings. The fourth-order valence-corrected chi connectivity index (χ4v) is 4.92. The Balaban J connectivity index is 1.40. The molecule has 8 heteroatoms. The smallest absolute Gasteiger partial charge is 0.294 e. The fraction of sp³-hybridized carbons (Fsp3) is 0.273. The first-order chi connectivity index (χ1) is 14.4. The predicted octanol–water partition coefficient (Wildman–Crippen LogP) is 5.12. The van der Waals surface area contributed by atoms with Crippen LogP contribution < -0.4 is 4.90 Å². The van der Waals surface area contributed by atoms with Crippen molar-refractivity contribution in [3.8, 4) is 0 Å². The van der Waals surface area contributed by atoms with Gasteiger partial charge in [-0.1, -0.05) is 47.5 Å². The summed E-state index contributed by atoms with van der Waals surface area (Å²) in [5.74, 6) is -0.280. The number of carbonyl (C=O) groups is 2. The maximum Gasteiger partial charge on any atom is 0.294 e. The number of nitrogens with zero attached hydrogens (tertiary/aromatic N) is 3. The van der Waals surface area contributed by atoms with Crippen LogP contribution in [0.15, 0.2) is 47.4 Å². The van der Waals surface area contributed by atoms with Gasteiger partial charge in [0, 0.05) is 41.9 Å². The lowest BCUT2D eigenvalue weighted by molar-refractivity contribution is -0.124. The lowest BCUT2D eigenvalue weighted by Crippen LogP contribution is -2.51. The average molecular weight is 462 g/mol. The minimum atomic E-state index is -0.280. The third-order valence-corrected chi connectivity index (χ3v) is 6.76. The number of rotatable bonds is 4. The van der Waals surface area contributed by atoms with E-state index in [4.69, 9.17) is 23.2 Å². The zero-order valence-corrected chi connectivity index (χ0v) is 18.8. The van der Waals surface area contributed by atoms with E-state index in [0.29, 0.717) is 27.2 Å². The largest absolute Gasteiger partial charge is 0.369 e. The van der Waals surface area contributed by atoms with Crippen LogP contribution in [0.1, 0.15) is 11.1 Å². The van der Waals surface area contributed by atoms with Gasteiger partial charge in [-0.15, -0.1) is 0 Å². The van der Waals surface area contributed by atoms with Gasteiger partial charge in [0.2, 0.25) is 0 Å². The molecule has 2 aromatic carbocycles. The normalized spacial score (nSPS) is 19.2. The summed E-state index contributed by atoms with van der Waals surface area (Å²) in [4.78, 5) is 31.5. The van der Waals surface area contributed by atoms with Crippen LogP contribution in [0, 0.1) is 6.92 Å². The first-order valence-corrected chi connectivity index (χ1v) is 11.2. The van der Waals surface area contributed by atoms with E-state index in [1.54, 1.807) is 24.3 Å². The number of carbonyl (C=O) groups excluding carboxylic acids is 2. The summed E-state index contributed by atoms with van der Waals surface area (Å²) in [5, 5.41) is 0.717. The summed E-state index contributed by atoms with van der Waals surface area (Å²) >= 11 is 13.1. The highest BCUT2D eigenvalue weighted by molar-refractivity contribution is 8.18. The van der Waals surface area contributed by atoms with E-state index in [0.717, 1.165) is 37.9 Å². The molecule has 0 atom stereocenters. The summed E-state index contributed by atoms with van der Waals surface area (Å²) in [6.07, 6.45) is 1.65. The topological polar surface area (TPSA) is 43.9 Å². The van der Waals surface area contributed by atoms with Gasteiger partial charge >= 0.3 is 0 Å². The van der Waals surface area contributed by atoms with Crippen molar-refractivity contribution in [3.05, 3.63) is 68.5 Å². The Labute approximate surface area is 190 Å². The number of para-hydroxylation sites is 1. The fourth-order valence-electron chi connectivity index (χ4n) is 3.63. The molecule has 2 aliphatic rings. The molecule has 4 rings (SSSR count). The maximum absolute atomic E-state index is 12.8. The Morgan fingerprint density at radius 1 is 1.03 bits per heavy atom. The number of hydrogen-bond acceptors (Lipinski definition) is 5. The third-order valence-electron chi connectivity index (χ3n) is 5.29. The Hall–Kier alpha value is -1.99. The molecule has 5 nitrogen and oxygen atoms in total. The highest BCUT2D eigenvalue weighted by Gasteiger charge is 2.36. The molecular formula is C22H21Cl2N3O2S. The second-order valence-corrected chi connectivity index (χ2v) is 9.15. The number of imide groups is 1. The van der Waals surface area contributed by atoms with Gasteiger partial charge in [-0.25, -0.2) is 0 Å². The monoisotopic (exact) mass is 461 g/mol. The van der Waals surface area contributed by atoms with Gasteiger partial charge in [0.15, 0.2) is 0 Å².